The Balaban J connectivity index is 1.56. The minimum atomic E-state index is -4.17. The Labute approximate surface area is 182 Å². The monoisotopic (exact) mass is 446 g/mol. The second-order valence-corrected chi connectivity index (χ2v) is 8.32. The number of nitrogens with zero attached hydrogens (tertiary/aromatic N) is 4. The van der Waals surface area contributed by atoms with Crippen molar-refractivity contribution in [2.75, 3.05) is 6.61 Å². The Bertz CT molecular complexity index is 1080. The molecule has 0 unspecified atom stereocenters. The van der Waals surface area contributed by atoms with Crippen molar-refractivity contribution in [3.8, 4) is 21.1 Å². The summed E-state index contributed by atoms with van der Waals surface area (Å²) in [5, 5.41) is 5.00. The molecule has 31 heavy (non-hydrogen) atoms. The fourth-order valence-corrected chi connectivity index (χ4v) is 4.45. The predicted octanol–water partition coefficient (Wildman–Crippen LogP) is 5.98. The minimum Gasteiger partial charge on any atom is -0.396 e. The van der Waals surface area contributed by atoms with Gasteiger partial charge in [0.15, 0.2) is 0 Å². The second kappa shape index (κ2) is 9.13. The van der Waals surface area contributed by atoms with Gasteiger partial charge in [-0.25, -0.2) is 9.97 Å². The molecule has 0 atom stereocenters. The highest BCUT2D eigenvalue weighted by Gasteiger charge is 2.26. The summed E-state index contributed by atoms with van der Waals surface area (Å²) in [5.41, 5.74) is 5.15. The van der Waals surface area contributed by atoms with Crippen molar-refractivity contribution in [1.29, 1.82) is 0 Å². The Morgan fingerprint density at radius 1 is 1.16 bits per heavy atom. The van der Waals surface area contributed by atoms with E-state index in [1.165, 1.54) is 0 Å². The minimum absolute atomic E-state index is 0.0690. The molecule has 0 aromatic carbocycles. The molecule has 0 N–H and O–H groups in total. The van der Waals surface area contributed by atoms with Crippen molar-refractivity contribution >= 4 is 17.0 Å². The number of halogens is 3. The topological polar surface area (TPSA) is 60.3 Å². The third kappa shape index (κ3) is 5.28. The number of pyridine rings is 2. The van der Waals surface area contributed by atoms with Gasteiger partial charge >= 0.3 is 6.18 Å². The highest BCUT2D eigenvalue weighted by Crippen LogP contribution is 2.35. The van der Waals surface area contributed by atoms with Crippen molar-refractivity contribution in [3.05, 3.63) is 53.6 Å². The maximum absolute atomic E-state index is 12.3. The predicted molar refractivity (Wildman–Crippen MR) is 114 cm³/mol. The number of hydrogen-bond acceptors (Lipinski definition) is 6. The number of alkyl halides is 3. The lowest BCUT2D eigenvalue weighted by Gasteiger charge is -2.17. The Kier molecular flexibility index (Phi) is 6.31. The number of rotatable bonds is 6. The number of thiazole rings is 1. The molecule has 162 valence electrons. The third-order valence-electron chi connectivity index (χ3n) is 4.92. The highest BCUT2D eigenvalue weighted by molar-refractivity contribution is 7.18. The molecule has 0 radical (unpaired) electrons. The van der Waals surface area contributed by atoms with E-state index in [9.17, 15) is 13.2 Å². The standard InChI is InChI=1S/C22H21F3N4OS/c1-14-20(31-21(27-14)16-6-3-11-26-13-16)18-9-8-15-5-2-7-17(19(15)28-18)29-30-12-4-10-22(23,24)25/h3,6,8-9,11,13H,2,4-5,7,10,12H2,1H3/b29-17+. The zero-order chi connectivity index (χ0) is 21.8. The lowest BCUT2D eigenvalue weighted by molar-refractivity contribution is -0.137. The largest absolute Gasteiger partial charge is 0.396 e. The molecule has 0 fully saturated rings. The van der Waals surface area contributed by atoms with Crippen molar-refractivity contribution in [1.82, 2.24) is 15.0 Å². The molecule has 0 spiro atoms. The summed E-state index contributed by atoms with van der Waals surface area (Å²) in [7, 11) is 0. The van der Waals surface area contributed by atoms with Gasteiger partial charge in [0.1, 0.15) is 17.3 Å². The van der Waals surface area contributed by atoms with E-state index in [4.69, 9.17) is 9.82 Å². The molecule has 3 heterocycles. The maximum atomic E-state index is 12.3. The van der Waals surface area contributed by atoms with E-state index in [1.54, 1.807) is 23.7 Å². The average molecular weight is 446 g/mol. The molecule has 0 bridgehead atoms. The first-order chi connectivity index (χ1) is 14.9. The Morgan fingerprint density at radius 3 is 2.81 bits per heavy atom. The van der Waals surface area contributed by atoms with Gasteiger partial charge in [-0.15, -0.1) is 11.3 Å². The quantitative estimate of drug-likeness (QED) is 0.345. The molecule has 0 aliphatic heterocycles. The molecule has 0 saturated heterocycles. The van der Waals surface area contributed by atoms with Crippen LogP contribution in [0.3, 0.4) is 0 Å². The maximum Gasteiger partial charge on any atom is 0.389 e. The summed E-state index contributed by atoms with van der Waals surface area (Å²) in [4.78, 5) is 19.8. The van der Waals surface area contributed by atoms with E-state index in [2.05, 4.69) is 15.1 Å². The first-order valence-corrected chi connectivity index (χ1v) is 10.9. The summed E-state index contributed by atoms with van der Waals surface area (Å²) in [5.74, 6) is 0. The molecule has 9 heteroatoms. The molecule has 4 rings (SSSR count). The van der Waals surface area contributed by atoms with Crippen LogP contribution in [-0.4, -0.2) is 33.4 Å². The summed E-state index contributed by atoms with van der Waals surface area (Å²) in [6.07, 6.45) is 0.822. The number of aromatic nitrogens is 3. The second-order valence-electron chi connectivity index (χ2n) is 7.32. The van der Waals surface area contributed by atoms with E-state index >= 15 is 0 Å². The van der Waals surface area contributed by atoms with Gasteiger partial charge in [0, 0.05) is 24.4 Å². The van der Waals surface area contributed by atoms with Crippen LogP contribution in [0.15, 0.2) is 41.8 Å². The fraction of sp³-hybridized carbons (Fsp3) is 0.364. The molecule has 1 aliphatic rings. The van der Waals surface area contributed by atoms with Crippen LogP contribution in [-0.2, 0) is 11.3 Å². The molecule has 3 aromatic heterocycles. The van der Waals surface area contributed by atoms with Crippen molar-refractivity contribution in [2.24, 2.45) is 5.16 Å². The fourth-order valence-electron chi connectivity index (χ4n) is 3.43. The van der Waals surface area contributed by atoms with Crippen LogP contribution in [0, 0.1) is 6.92 Å². The Morgan fingerprint density at radius 2 is 2.03 bits per heavy atom. The van der Waals surface area contributed by atoms with Gasteiger partial charge in [0.05, 0.1) is 22.0 Å². The molecule has 0 amide bonds. The van der Waals surface area contributed by atoms with Gasteiger partial charge in [-0.2, -0.15) is 13.2 Å². The summed E-state index contributed by atoms with van der Waals surface area (Å²) >= 11 is 1.55. The van der Waals surface area contributed by atoms with Crippen LogP contribution >= 0.6 is 11.3 Å². The van der Waals surface area contributed by atoms with Crippen molar-refractivity contribution in [2.45, 2.75) is 45.2 Å². The van der Waals surface area contributed by atoms with Crippen molar-refractivity contribution in [3.63, 3.8) is 0 Å². The lowest BCUT2D eigenvalue weighted by Crippen LogP contribution is -2.15. The van der Waals surface area contributed by atoms with E-state index in [1.807, 2.05) is 31.2 Å². The van der Waals surface area contributed by atoms with Crippen LogP contribution in [0.1, 0.15) is 42.6 Å². The third-order valence-corrected chi connectivity index (χ3v) is 6.15. The summed E-state index contributed by atoms with van der Waals surface area (Å²) in [6, 6.07) is 7.87. The van der Waals surface area contributed by atoms with Crippen LogP contribution in [0.2, 0.25) is 0 Å². The molecule has 3 aromatic rings. The SMILES string of the molecule is Cc1nc(-c2cccnc2)sc1-c1ccc2c(n1)/C(=N/OCCCC(F)(F)F)CCC2. The average Bonchev–Trinajstić information content (AvgIpc) is 3.15. The highest BCUT2D eigenvalue weighted by atomic mass is 32.1. The van der Waals surface area contributed by atoms with Gasteiger partial charge in [0.2, 0.25) is 0 Å². The molecule has 0 saturated carbocycles. The van der Waals surface area contributed by atoms with Gasteiger partial charge in [0.25, 0.3) is 0 Å². The lowest BCUT2D eigenvalue weighted by atomic mass is 9.94. The van der Waals surface area contributed by atoms with E-state index in [-0.39, 0.29) is 13.0 Å². The van der Waals surface area contributed by atoms with Crippen LogP contribution < -0.4 is 0 Å². The van der Waals surface area contributed by atoms with Crippen LogP contribution in [0.4, 0.5) is 13.2 Å². The summed E-state index contributed by atoms with van der Waals surface area (Å²) in [6.45, 7) is 1.88. The van der Waals surface area contributed by atoms with Gasteiger partial charge in [-0.05, 0) is 56.4 Å². The molecule has 5 nitrogen and oxygen atoms in total. The zero-order valence-corrected chi connectivity index (χ0v) is 17.8. The first-order valence-electron chi connectivity index (χ1n) is 10.0. The van der Waals surface area contributed by atoms with Gasteiger partial charge in [-0.3, -0.25) is 4.98 Å². The number of hydrogen-bond donors (Lipinski definition) is 0. The molecular formula is C22H21F3N4OS. The van der Waals surface area contributed by atoms with Crippen LogP contribution in [0.5, 0.6) is 0 Å². The molecular weight excluding hydrogens is 425 g/mol. The normalized spacial score (nSPS) is 15.2. The van der Waals surface area contributed by atoms with Crippen molar-refractivity contribution < 1.29 is 18.0 Å². The first kappa shape index (κ1) is 21.4. The van der Waals surface area contributed by atoms with Gasteiger partial charge in [-0.1, -0.05) is 11.2 Å². The van der Waals surface area contributed by atoms with Crippen LogP contribution in [0.25, 0.3) is 21.1 Å². The Hall–Kier alpha value is -2.81. The van der Waals surface area contributed by atoms with Gasteiger partial charge < -0.3 is 4.84 Å². The van der Waals surface area contributed by atoms with E-state index in [0.717, 1.165) is 50.9 Å². The number of fused-ring (bicyclic) bond motifs is 1. The smallest absolute Gasteiger partial charge is 0.389 e. The zero-order valence-electron chi connectivity index (χ0n) is 16.9. The summed E-state index contributed by atoms with van der Waals surface area (Å²) < 4.78 is 36.8. The molecule has 1 aliphatic carbocycles. The number of oxime groups is 1. The van der Waals surface area contributed by atoms with E-state index < -0.39 is 12.6 Å². The van der Waals surface area contributed by atoms with E-state index in [0.29, 0.717) is 12.1 Å². The number of aryl methyl sites for hydroxylation is 2.